The van der Waals surface area contributed by atoms with Crippen molar-refractivity contribution in [2.45, 2.75) is 0 Å². The van der Waals surface area contributed by atoms with E-state index in [2.05, 4.69) is 15.2 Å². The Morgan fingerprint density at radius 2 is 1.75 bits per heavy atom. The predicted molar refractivity (Wildman–Crippen MR) is 111 cm³/mol. The number of aromatic nitrogens is 1. The maximum absolute atomic E-state index is 13.1. The minimum absolute atomic E-state index is 0.0677. The fraction of sp³-hybridized carbons (Fsp3) is 0.190. The molecule has 0 saturated carbocycles. The Morgan fingerprint density at radius 1 is 0.964 bits per heavy atom. The van der Waals surface area contributed by atoms with Gasteiger partial charge in [-0.15, -0.1) is 0 Å². The Morgan fingerprint density at radius 3 is 2.46 bits per heavy atom. The van der Waals surface area contributed by atoms with Gasteiger partial charge in [0.05, 0.1) is 16.8 Å². The third-order valence-corrected chi connectivity index (χ3v) is 5.41. The molecule has 3 heterocycles. The summed E-state index contributed by atoms with van der Waals surface area (Å²) in [5, 5.41) is 6.51. The Bertz CT molecular complexity index is 952. The van der Waals surface area contributed by atoms with E-state index in [1.165, 1.54) is 11.3 Å². The fourth-order valence-corrected chi connectivity index (χ4v) is 3.85. The summed E-state index contributed by atoms with van der Waals surface area (Å²) in [7, 11) is 0. The summed E-state index contributed by atoms with van der Waals surface area (Å²) >= 11 is 1.46. The second-order valence-corrected chi connectivity index (χ2v) is 7.26. The number of benzene rings is 1. The number of pyridine rings is 1. The number of hydrogen-bond acceptors (Lipinski definition) is 5. The molecule has 2 aromatic heterocycles. The topological polar surface area (TPSA) is 65.5 Å². The fourth-order valence-electron chi connectivity index (χ4n) is 3.22. The summed E-state index contributed by atoms with van der Waals surface area (Å²) in [6.07, 6.45) is 1.78. The zero-order chi connectivity index (χ0) is 19.3. The number of piperazine rings is 1. The van der Waals surface area contributed by atoms with Gasteiger partial charge in [-0.3, -0.25) is 9.59 Å². The lowest BCUT2D eigenvalue weighted by Crippen LogP contribution is -2.49. The van der Waals surface area contributed by atoms with Crippen LogP contribution in [0.15, 0.2) is 65.5 Å². The van der Waals surface area contributed by atoms with Gasteiger partial charge in [0.1, 0.15) is 5.82 Å². The molecule has 1 aromatic carbocycles. The summed E-state index contributed by atoms with van der Waals surface area (Å²) in [6, 6.07) is 14.8. The van der Waals surface area contributed by atoms with Crippen molar-refractivity contribution < 1.29 is 9.59 Å². The molecular formula is C21H20N4O2S. The standard InChI is InChI=1S/C21H20N4O2S/c26-20(16-8-14-28-15-16)23-18-6-2-1-5-17(18)21(27)25-12-10-24(11-13-25)19-7-3-4-9-22-19/h1-9,14-15H,10-13H2,(H,23,26). The van der Waals surface area contributed by atoms with Crippen molar-refractivity contribution in [3.8, 4) is 0 Å². The van der Waals surface area contributed by atoms with E-state index in [-0.39, 0.29) is 11.8 Å². The first-order valence-corrected chi connectivity index (χ1v) is 10.0. The number of amides is 2. The quantitative estimate of drug-likeness (QED) is 0.739. The third kappa shape index (κ3) is 3.89. The average Bonchev–Trinajstić information content (AvgIpc) is 3.30. The van der Waals surface area contributed by atoms with E-state index in [0.29, 0.717) is 29.9 Å². The number of carbonyl (C=O) groups is 2. The first-order valence-electron chi connectivity index (χ1n) is 9.10. The maximum atomic E-state index is 13.1. The normalized spacial score (nSPS) is 14.0. The van der Waals surface area contributed by atoms with E-state index in [1.54, 1.807) is 29.8 Å². The van der Waals surface area contributed by atoms with Crippen LogP contribution in [0.25, 0.3) is 0 Å². The lowest BCUT2D eigenvalue weighted by molar-refractivity contribution is 0.0747. The molecule has 28 heavy (non-hydrogen) atoms. The number of rotatable bonds is 4. The van der Waals surface area contributed by atoms with Gasteiger partial charge in [-0.05, 0) is 35.7 Å². The van der Waals surface area contributed by atoms with Crippen molar-refractivity contribution in [1.82, 2.24) is 9.88 Å². The molecule has 0 bridgehead atoms. The van der Waals surface area contributed by atoms with Crippen molar-refractivity contribution in [2.24, 2.45) is 0 Å². The maximum Gasteiger partial charge on any atom is 0.256 e. The lowest BCUT2D eigenvalue weighted by atomic mass is 10.1. The number of nitrogens with one attached hydrogen (secondary N) is 1. The molecule has 0 aliphatic carbocycles. The molecule has 142 valence electrons. The van der Waals surface area contributed by atoms with Crippen molar-refractivity contribution in [2.75, 3.05) is 36.4 Å². The average molecular weight is 392 g/mol. The highest BCUT2D eigenvalue weighted by molar-refractivity contribution is 7.08. The van der Waals surface area contributed by atoms with Gasteiger partial charge in [-0.1, -0.05) is 18.2 Å². The molecule has 1 aliphatic rings. The van der Waals surface area contributed by atoms with E-state index < -0.39 is 0 Å². The van der Waals surface area contributed by atoms with E-state index in [4.69, 9.17) is 0 Å². The molecule has 1 N–H and O–H groups in total. The van der Waals surface area contributed by atoms with E-state index >= 15 is 0 Å². The highest BCUT2D eigenvalue weighted by atomic mass is 32.1. The summed E-state index contributed by atoms with van der Waals surface area (Å²) in [5.41, 5.74) is 1.64. The molecule has 0 radical (unpaired) electrons. The summed E-state index contributed by atoms with van der Waals surface area (Å²) in [6.45, 7) is 2.68. The van der Waals surface area contributed by atoms with Crippen molar-refractivity contribution in [3.05, 3.63) is 76.6 Å². The van der Waals surface area contributed by atoms with Gasteiger partial charge in [0, 0.05) is 37.8 Å². The second kappa shape index (κ2) is 8.22. The number of anilines is 2. The first kappa shape index (κ1) is 18.2. The molecular weight excluding hydrogens is 372 g/mol. The summed E-state index contributed by atoms with van der Waals surface area (Å²) < 4.78 is 0. The van der Waals surface area contributed by atoms with Crippen LogP contribution in [0.5, 0.6) is 0 Å². The van der Waals surface area contributed by atoms with Crippen LogP contribution in [0, 0.1) is 0 Å². The summed E-state index contributed by atoms with van der Waals surface area (Å²) in [4.78, 5) is 33.8. The molecule has 1 fully saturated rings. The van der Waals surface area contributed by atoms with Gasteiger partial charge in [-0.25, -0.2) is 4.98 Å². The molecule has 0 spiro atoms. The Kier molecular flexibility index (Phi) is 5.34. The molecule has 3 aromatic rings. The largest absolute Gasteiger partial charge is 0.353 e. The zero-order valence-electron chi connectivity index (χ0n) is 15.2. The number of para-hydroxylation sites is 1. The van der Waals surface area contributed by atoms with E-state index in [1.807, 2.05) is 40.6 Å². The Labute approximate surface area is 167 Å². The van der Waals surface area contributed by atoms with Crippen molar-refractivity contribution in [1.29, 1.82) is 0 Å². The van der Waals surface area contributed by atoms with Crippen LogP contribution in [0.3, 0.4) is 0 Å². The van der Waals surface area contributed by atoms with Crippen LogP contribution >= 0.6 is 11.3 Å². The second-order valence-electron chi connectivity index (χ2n) is 6.48. The van der Waals surface area contributed by atoms with Crippen molar-refractivity contribution >= 4 is 34.7 Å². The lowest BCUT2D eigenvalue weighted by Gasteiger charge is -2.35. The van der Waals surface area contributed by atoms with Crippen molar-refractivity contribution in [3.63, 3.8) is 0 Å². The van der Waals surface area contributed by atoms with Crippen LogP contribution in [-0.2, 0) is 0 Å². The van der Waals surface area contributed by atoms with E-state index in [9.17, 15) is 9.59 Å². The summed E-state index contributed by atoms with van der Waals surface area (Å²) in [5.74, 6) is 0.654. The van der Waals surface area contributed by atoms with Crippen LogP contribution in [-0.4, -0.2) is 47.9 Å². The van der Waals surface area contributed by atoms with Gasteiger partial charge in [0.25, 0.3) is 11.8 Å². The molecule has 7 heteroatoms. The Balaban J connectivity index is 1.45. The van der Waals surface area contributed by atoms with Gasteiger partial charge < -0.3 is 15.1 Å². The highest BCUT2D eigenvalue weighted by Gasteiger charge is 2.24. The SMILES string of the molecule is O=C(Nc1ccccc1C(=O)N1CCN(c2ccccn2)CC1)c1ccsc1. The predicted octanol–water partition coefficient (Wildman–Crippen LogP) is 3.36. The minimum atomic E-state index is -0.207. The number of hydrogen-bond donors (Lipinski definition) is 1. The highest BCUT2D eigenvalue weighted by Crippen LogP contribution is 2.21. The molecule has 4 rings (SSSR count). The molecule has 0 unspecified atom stereocenters. The monoisotopic (exact) mass is 392 g/mol. The molecule has 2 amide bonds. The molecule has 1 aliphatic heterocycles. The molecule has 0 atom stereocenters. The minimum Gasteiger partial charge on any atom is -0.353 e. The Hall–Kier alpha value is -3.19. The van der Waals surface area contributed by atoms with Gasteiger partial charge in [0.2, 0.25) is 0 Å². The van der Waals surface area contributed by atoms with Gasteiger partial charge in [0.15, 0.2) is 0 Å². The van der Waals surface area contributed by atoms with E-state index in [0.717, 1.165) is 18.9 Å². The molecule has 6 nitrogen and oxygen atoms in total. The number of carbonyl (C=O) groups excluding carboxylic acids is 2. The van der Waals surface area contributed by atoms with Crippen LogP contribution < -0.4 is 10.2 Å². The first-order chi connectivity index (χ1) is 13.7. The molecule has 1 saturated heterocycles. The van der Waals surface area contributed by atoms with Crippen LogP contribution in [0.2, 0.25) is 0 Å². The van der Waals surface area contributed by atoms with Gasteiger partial charge >= 0.3 is 0 Å². The van der Waals surface area contributed by atoms with Crippen LogP contribution in [0.1, 0.15) is 20.7 Å². The smallest absolute Gasteiger partial charge is 0.256 e. The number of nitrogens with zero attached hydrogens (tertiary/aromatic N) is 3. The number of thiophene rings is 1. The van der Waals surface area contributed by atoms with Crippen LogP contribution in [0.4, 0.5) is 11.5 Å². The van der Waals surface area contributed by atoms with Gasteiger partial charge in [-0.2, -0.15) is 11.3 Å². The third-order valence-electron chi connectivity index (χ3n) is 4.73. The zero-order valence-corrected chi connectivity index (χ0v) is 16.1.